The molecule has 0 saturated heterocycles. The topological polar surface area (TPSA) is 80.3 Å². The van der Waals surface area contributed by atoms with Crippen molar-refractivity contribution in [3.63, 3.8) is 0 Å². The molecule has 6 nitrogen and oxygen atoms in total. The van der Waals surface area contributed by atoms with E-state index in [0.29, 0.717) is 22.8 Å². The molecule has 2 N–H and O–H groups in total. The average Bonchev–Trinajstić information content (AvgIpc) is 2.78. The lowest BCUT2D eigenvalue weighted by Crippen LogP contribution is -2.20. The standard InChI is InChI=1S/C24H19N3O3/c28-23(16-30-21-12-11-17-6-1-2-7-18(17)15-21)26-20-9-5-8-19(14-20)24(29)27-22-10-3-4-13-25-22/h1-15H,16H2,(H,26,28)(H,25,27,29). The van der Waals surface area contributed by atoms with Crippen molar-refractivity contribution in [2.45, 2.75) is 0 Å². The van der Waals surface area contributed by atoms with E-state index in [4.69, 9.17) is 4.74 Å². The number of nitrogens with one attached hydrogen (secondary N) is 2. The van der Waals surface area contributed by atoms with Crippen LogP contribution in [-0.2, 0) is 4.79 Å². The minimum absolute atomic E-state index is 0.136. The molecule has 1 aromatic heterocycles. The minimum Gasteiger partial charge on any atom is -0.484 e. The number of rotatable bonds is 6. The van der Waals surface area contributed by atoms with Gasteiger partial charge in [-0.3, -0.25) is 9.59 Å². The first kappa shape index (κ1) is 19.1. The maximum atomic E-state index is 12.4. The van der Waals surface area contributed by atoms with E-state index in [1.54, 1.807) is 48.7 Å². The number of pyridine rings is 1. The number of hydrogen-bond donors (Lipinski definition) is 2. The number of amides is 2. The smallest absolute Gasteiger partial charge is 0.262 e. The Hall–Kier alpha value is -4.19. The molecule has 4 rings (SSSR count). The van der Waals surface area contributed by atoms with Crippen LogP contribution in [0.2, 0.25) is 0 Å². The number of nitrogens with zero attached hydrogens (tertiary/aromatic N) is 1. The van der Waals surface area contributed by atoms with E-state index in [1.165, 1.54) is 0 Å². The van der Waals surface area contributed by atoms with Crippen LogP contribution < -0.4 is 15.4 Å². The highest BCUT2D eigenvalue weighted by molar-refractivity contribution is 6.05. The fraction of sp³-hybridized carbons (Fsp3) is 0.0417. The third-order valence-corrected chi connectivity index (χ3v) is 4.41. The summed E-state index contributed by atoms with van der Waals surface area (Å²) in [5.41, 5.74) is 0.921. The largest absolute Gasteiger partial charge is 0.484 e. The lowest BCUT2D eigenvalue weighted by Gasteiger charge is -2.10. The number of aromatic nitrogens is 1. The molecule has 0 bridgehead atoms. The Bertz CT molecular complexity index is 1190. The summed E-state index contributed by atoms with van der Waals surface area (Å²) in [5.74, 6) is 0.454. The number of carbonyl (C=O) groups is 2. The first-order chi connectivity index (χ1) is 14.7. The van der Waals surface area contributed by atoms with E-state index in [0.717, 1.165) is 10.8 Å². The molecule has 0 unspecified atom stereocenters. The molecule has 30 heavy (non-hydrogen) atoms. The molecule has 0 radical (unpaired) electrons. The van der Waals surface area contributed by atoms with Gasteiger partial charge in [-0.25, -0.2) is 4.98 Å². The van der Waals surface area contributed by atoms with Gasteiger partial charge in [-0.05, 0) is 53.2 Å². The van der Waals surface area contributed by atoms with Gasteiger partial charge in [-0.15, -0.1) is 0 Å². The van der Waals surface area contributed by atoms with Crippen LogP contribution in [-0.4, -0.2) is 23.4 Å². The van der Waals surface area contributed by atoms with Crippen LogP contribution in [0.5, 0.6) is 5.75 Å². The molecular weight excluding hydrogens is 378 g/mol. The summed E-state index contributed by atoms with van der Waals surface area (Å²) >= 11 is 0. The quantitative estimate of drug-likeness (QED) is 0.502. The number of anilines is 2. The fourth-order valence-electron chi connectivity index (χ4n) is 2.97. The van der Waals surface area contributed by atoms with E-state index >= 15 is 0 Å². The Kier molecular flexibility index (Phi) is 5.66. The zero-order valence-electron chi connectivity index (χ0n) is 16.0. The molecule has 0 fully saturated rings. The maximum absolute atomic E-state index is 12.4. The van der Waals surface area contributed by atoms with Crippen molar-refractivity contribution in [2.75, 3.05) is 17.2 Å². The molecule has 0 saturated carbocycles. The number of hydrogen-bond acceptors (Lipinski definition) is 4. The van der Waals surface area contributed by atoms with Crippen molar-refractivity contribution in [2.24, 2.45) is 0 Å². The van der Waals surface area contributed by atoms with Gasteiger partial charge in [0.1, 0.15) is 11.6 Å². The molecule has 2 amide bonds. The van der Waals surface area contributed by atoms with Crippen LogP contribution in [0.4, 0.5) is 11.5 Å². The molecule has 4 aromatic rings. The van der Waals surface area contributed by atoms with Gasteiger partial charge >= 0.3 is 0 Å². The van der Waals surface area contributed by atoms with Gasteiger partial charge in [0.15, 0.2) is 6.61 Å². The van der Waals surface area contributed by atoms with E-state index in [1.807, 2.05) is 42.5 Å². The minimum atomic E-state index is -0.314. The molecule has 1 heterocycles. The monoisotopic (exact) mass is 397 g/mol. The van der Waals surface area contributed by atoms with Crippen LogP contribution >= 0.6 is 0 Å². The zero-order valence-corrected chi connectivity index (χ0v) is 16.0. The summed E-state index contributed by atoms with van der Waals surface area (Å²) in [6, 6.07) is 25.6. The molecule has 3 aromatic carbocycles. The van der Waals surface area contributed by atoms with Gasteiger partial charge in [0.25, 0.3) is 11.8 Å². The highest BCUT2D eigenvalue weighted by Gasteiger charge is 2.09. The van der Waals surface area contributed by atoms with Crippen molar-refractivity contribution >= 4 is 34.1 Å². The van der Waals surface area contributed by atoms with Crippen LogP contribution in [0.25, 0.3) is 10.8 Å². The molecule has 0 aliphatic rings. The molecule has 0 aliphatic heterocycles. The summed E-state index contributed by atoms with van der Waals surface area (Å²) in [6.45, 7) is -0.136. The Balaban J connectivity index is 1.36. The summed E-state index contributed by atoms with van der Waals surface area (Å²) in [6.07, 6.45) is 1.60. The van der Waals surface area contributed by atoms with Crippen LogP contribution in [0.1, 0.15) is 10.4 Å². The SMILES string of the molecule is O=C(COc1ccc2ccccc2c1)Nc1cccc(C(=O)Nc2ccccn2)c1. The molecule has 0 aliphatic carbocycles. The first-order valence-electron chi connectivity index (χ1n) is 9.41. The summed E-state index contributed by atoms with van der Waals surface area (Å²) in [4.78, 5) is 28.7. The predicted octanol–water partition coefficient (Wildman–Crippen LogP) is 4.50. The molecule has 6 heteroatoms. The highest BCUT2D eigenvalue weighted by Crippen LogP contribution is 2.20. The first-order valence-corrected chi connectivity index (χ1v) is 9.41. The second-order valence-electron chi connectivity index (χ2n) is 6.60. The molecule has 0 spiro atoms. The maximum Gasteiger partial charge on any atom is 0.262 e. The third kappa shape index (κ3) is 4.80. The van der Waals surface area contributed by atoms with Gasteiger partial charge in [-0.2, -0.15) is 0 Å². The van der Waals surface area contributed by atoms with Gasteiger partial charge < -0.3 is 15.4 Å². The van der Waals surface area contributed by atoms with E-state index in [-0.39, 0.29) is 18.4 Å². The second kappa shape index (κ2) is 8.87. The van der Waals surface area contributed by atoms with Gasteiger partial charge in [0, 0.05) is 17.4 Å². The summed E-state index contributed by atoms with van der Waals surface area (Å²) in [7, 11) is 0. The normalized spacial score (nSPS) is 10.4. The van der Waals surface area contributed by atoms with Gasteiger partial charge in [0.2, 0.25) is 0 Å². The van der Waals surface area contributed by atoms with Crippen LogP contribution in [0, 0.1) is 0 Å². The van der Waals surface area contributed by atoms with Crippen molar-refractivity contribution in [3.05, 3.63) is 96.7 Å². The van der Waals surface area contributed by atoms with E-state index < -0.39 is 0 Å². The Labute approximate surface area is 173 Å². The predicted molar refractivity (Wildman–Crippen MR) is 117 cm³/mol. The van der Waals surface area contributed by atoms with E-state index in [9.17, 15) is 9.59 Å². The van der Waals surface area contributed by atoms with Crippen LogP contribution in [0.15, 0.2) is 91.1 Å². The number of fused-ring (bicyclic) bond motifs is 1. The number of benzene rings is 3. The Morgan fingerprint density at radius 3 is 2.47 bits per heavy atom. The van der Waals surface area contributed by atoms with Gasteiger partial charge in [-0.1, -0.05) is 42.5 Å². The number of ether oxygens (including phenoxy) is 1. The van der Waals surface area contributed by atoms with Crippen molar-refractivity contribution in [3.8, 4) is 5.75 Å². The third-order valence-electron chi connectivity index (χ3n) is 4.41. The summed E-state index contributed by atoms with van der Waals surface area (Å²) < 4.78 is 5.61. The molecule has 148 valence electrons. The average molecular weight is 397 g/mol. The molecule has 0 atom stereocenters. The highest BCUT2D eigenvalue weighted by atomic mass is 16.5. The van der Waals surface area contributed by atoms with Crippen molar-refractivity contribution in [1.82, 2.24) is 4.98 Å². The van der Waals surface area contributed by atoms with Crippen molar-refractivity contribution in [1.29, 1.82) is 0 Å². The van der Waals surface area contributed by atoms with Crippen molar-refractivity contribution < 1.29 is 14.3 Å². The Morgan fingerprint density at radius 2 is 1.63 bits per heavy atom. The van der Waals surface area contributed by atoms with Crippen LogP contribution in [0.3, 0.4) is 0 Å². The second-order valence-corrected chi connectivity index (χ2v) is 6.60. The van der Waals surface area contributed by atoms with E-state index in [2.05, 4.69) is 15.6 Å². The Morgan fingerprint density at radius 1 is 0.800 bits per heavy atom. The molecular formula is C24H19N3O3. The fourth-order valence-corrected chi connectivity index (χ4v) is 2.97. The van der Waals surface area contributed by atoms with Gasteiger partial charge in [0.05, 0.1) is 0 Å². The zero-order chi connectivity index (χ0) is 20.8. The number of carbonyl (C=O) groups excluding carboxylic acids is 2. The summed E-state index contributed by atoms with van der Waals surface area (Å²) in [5, 5.41) is 7.61. The lowest BCUT2D eigenvalue weighted by molar-refractivity contribution is -0.118. The lowest BCUT2D eigenvalue weighted by atomic mass is 10.1.